The Morgan fingerprint density at radius 3 is 2.05 bits per heavy atom. The van der Waals surface area contributed by atoms with Gasteiger partial charge in [-0.15, -0.1) is 10.2 Å². The largest absolute Gasteiger partial charge is 0.444 e. The molecule has 0 aliphatic heterocycles. The van der Waals surface area contributed by atoms with Gasteiger partial charge < -0.3 is 10.5 Å². The second-order valence-corrected chi connectivity index (χ2v) is 11.1. The second kappa shape index (κ2) is 13.2. The van der Waals surface area contributed by atoms with E-state index in [-0.39, 0.29) is 4.90 Å². The number of hydrogen-bond acceptors (Lipinski definition) is 7. The number of carbonyl (C=O) groups excluding carboxylic acids is 1. The van der Waals surface area contributed by atoms with E-state index in [0.717, 1.165) is 5.56 Å². The monoisotopic (exact) mass is 530 g/mol. The molecule has 1 fully saturated rings. The summed E-state index contributed by atoms with van der Waals surface area (Å²) < 4.78 is 33.0. The molecule has 0 spiro atoms. The van der Waals surface area contributed by atoms with E-state index < -0.39 is 21.7 Å². The minimum atomic E-state index is -3.69. The molecule has 1 aromatic carbocycles. The first kappa shape index (κ1) is 29.8. The van der Waals surface area contributed by atoms with Crippen LogP contribution >= 0.6 is 0 Å². The number of aromatic nitrogens is 5. The van der Waals surface area contributed by atoms with Gasteiger partial charge in [-0.05, 0) is 45.9 Å². The second-order valence-electron chi connectivity index (χ2n) is 9.26. The summed E-state index contributed by atoms with van der Waals surface area (Å²) in [6.07, 6.45) is 11.3. The third-order valence-electron chi connectivity index (χ3n) is 5.18. The van der Waals surface area contributed by atoms with Crippen LogP contribution in [0.1, 0.15) is 72.3 Å². The summed E-state index contributed by atoms with van der Waals surface area (Å²) in [4.78, 5) is 14.4. The predicted molar refractivity (Wildman–Crippen MR) is 145 cm³/mol. The summed E-state index contributed by atoms with van der Waals surface area (Å²) in [6, 6.07) is 8.40. The average molecular weight is 531 g/mol. The number of benzene rings is 1. The van der Waals surface area contributed by atoms with Crippen molar-refractivity contribution in [2.45, 2.75) is 84.1 Å². The van der Waals surface area contributed by atoms with Crippen molar-refractivity contribution in [1.29, 1.82) is 0 Å². The molecule has 4 aromatic rings. The molecule has 1 amide bonds. The Kier molecular flexibility index (Phi) is 10.6. The number of aryl methyl sites for hydroxylation is 1. The fourth-order valence-electron chi connectivity index (χ4n) is 3.55. The molecule has 0 saturated heterocycles. The van der Waals surface area contributed by atoms with Crippen molar-refractivity contribution < 1.29 is 17.9 Å². The first-order valence-corrected chi connectivity index (χ1v) is 13.9. The molecule has 2 N–H and O–H groups in total. The van der Waals surface area contributed by atoms with Gasteiger partial charge in [-0.3, -0.25) is 4.40 Å². The topological polar surface area (TPSA) is 134 Å². The van der Waals surface area contributed by atoms with Crippen LogP contribution < -0.4 is 5.73 Å². The highest BCUT2D eigenvalue weighted by molar-refractivity contribution is 7.90. The highest BCUT2D eigenvalue weighted by Gasteiger charge is 2.20. The number of carbonyl (C=O) groups is 1. The quantitative estimate of drug-likeness (QED) is 0.362. The van der Waals surface area contributed by atoms with Crippen LogP contribution in [0.4, 0.5) is 4.79 Å². The van der Waals surface area contributed by atoms with Gasteiger partial charge in [-0.2, -0.15) is 0 Å². The Hall–Kier alpha value is -3.47. The third-order valence-corrected chi connectivity index (χ3v) is 6.86. The fourth-order valence-corrected chi connectivity index (χ4v) is 4.84. The maximum absolute atomic E-state index is 12.8. The Bertz CT molecular complexity index is 1370. The molecule has 5 rings (SSSR count). The summed E-state index contributed by atoms with van der Waals surface area (Å²) in [6.45, 7) is 11.2. The zero-order valence-corrected chi connectivity index (χ0v) is 23.3. The maximum Gasteiger partial charge on any atom is 0.405 e. The van der Waals surface area contributed by atoms with Gasteiger partial charge >= 0.3 is 6.09 Å². The van der Waals surface area contributed by atoms with E-state index in [9.17, 15) is 13.2 Å². The smallest absolute Gasteiger partial charge is 0.405 e. The lowest BCUT2D eigenvalue weighted by molar-refractivity contribution is 0.0600. The first-order valence-electron chi connectivity index (χ1n) is 12.5. The summed E-state index contributed by atoms with van der Waals surface area (Å²) >= 11 is 0. The summed E-state index contributed by atoms with van der Waals surface area (Å²) in [7, 11) is -3.69. The van der Waals surface area contributed by atoms with Crippen LogP contribution in [0.5, 0.6) is 0 Å². The zero-order valence-electron chi connectivity index (χ0n) is 22.5. The summed E-state index contributed by atoms with van der Waals surface area (Å²) in [5, 5.41) is 7.70. The van der Waals surface area contributed by atoms with Gasteiger partial charge in [0.25, 0.3) is 10.0 Å². The SMILES string of the molecule is C1CCCC1.CC.CC(C)(C)OC(N)=O.Cc1ccc(S(=O)(=O)n2ccc3c2ncc2nncn23)cc1. The Morgan fingerprint density at radius 2 is 1.57 bits per heavy atom. The Labute approximate surface area is 218 Å². The van der Waals surface area contributed by atoms with Gasteiger partial charge in [-0.1, -0.05) is 63.6 Å². The van der Waals surface area contributed by atoms with Crippen molar-refractivity contribution in [2.75, 3.05) is 0 Å². The number of ether oxygens (including phenoxy) is 1. The number of nitrogens with zero attached hydrogens (tertiary/aromatic N) is 5. The number of primary amides is 1. The third kappa shape index (κ3) is 8.28. The number of rotatable bonds is 2. The lowest BCUT2D eigenvalue weighted by Gasteiger charge is -2.16. The molecular weight excluding hydrogens is 492 g/mol. The molecule has 3 aromatic heterocycles. The van der Waals surface area contributed by atoms with Gasteiger partial charge in [0.05, 0.1) is 16.6 Å². The highest BCUT2D eigenvalue weighted by atomic mass is 32.2. The van der Waals surface area contributed by atoms with Crippen LogP contribution in [0.15, 0.2) is 53.9 Å². The van der Waals surface area contributed by atoms with E-state index in [2.05, 4.69) is 19.9 Å². The molecule has 37 heavy (non-hydrogen) atoms. The molecule has 10 nitrogen and oxygen atoms in total. The van der Waals surface area contributed by atoms with Gasteiger partial charge in [0.2, 0.25) is 0 Å². The molecule has 1 aliphatic carbocycles. The van der Waals surface area contributed by atoms with E-state index in [1.165, 1.54) is 54.8 Å². The molecule has 3 heterocycles. The Balaban J connectivity index is 0.000000265. The van der Waals surface area contributed by atoms with Gasteiger partial charge in [-0.25, -0.2) is 22.2 Å². The minimum Gasteiger partial charge on any atom is -0.444 e. The summed E-state index contributed by atoms with van der Waals surface area (Å²) in [5.74, 6) is 0. The van der Waals surface area contributed by atoms with Crippen LogP contribution in [0.3, 0.4) is 0 Å². The zero-order chi connectivity index (χ0) is 27.6. The van der Waals surface area contributed by atoms with Gasteiger partial charge in [0, 0.05) is 6.20 Å². The molecule has 0 atom stereocenters. The minimum absolute atomic E-state index is 0.223. The molecule has 0 unspecified atom stereocenters. The van der Waals surface area contributed by atoms with E-state index in [1.807, 2.05) is 20.8 Å². The number of amides is 1. The fraction of sp³-hybridized carbons (Fsp3) is 0.462. The van der Waals surface area contributed by atoms with Crippen LogP contribution in [-0.2, 0) is 14.8 Å². The molecule has 1 saturated carbocycles. The maximum atomic E-state index is 12.8. The normalized spacial score (nSPS) is 13.0. The molecule has 0 bridgehead atoms. The number of fused-ring (bicyclic) bond motifs is 3. The van der Waals surface area contributed by atoms with Crippen molar-refractivity contribution in [3.05, 3.63) is 54.6 Å². The van der Waals surface area contributed by atoms with Crippen molar-refractivity contribution in [2.24, 2.45) is 5.73 Å². The van der Waals surface area contributed by atoms with Gasteiger partial charge in [0.15, 0.2) is 11.3 Å². The first-order chi connectivity index (χ1) is 17.5. The number of nitrogens with two attached hydrogens (primary N) is 1. The van der Waals surface area contributed by atoms with Crippen LogP contribution in [-0.4, -0.2) is 43.7 Å². The molecule has 202 valence electrons. The van der Waals surface area contributed by atoms with E-state index >= 15 is 0 Å². The van der Waals surface area contributed by atoms with Gasteiger partial charge in [0.1, 0.15) is 11.9 Å². The van der Waals surface area contributed by atoms with E-state index in [1.54, 1.807) is 55.5 Å². The van der Waals surface area contributed by atoms with Crippen molar-refractivity contribution >= 4 is 32.9 Å². The molecule has 1 aliphatic rings. The predicted octanol–water partition coefficient (Wildman–Crippen LogP) is 5.48. The van der Waals surface area contributed by atoms with Crippen molar-refractivity contribution in [3.8, 4) is 0 Å². The van der Waals surface area contributed by atoms with Crippen LogP contribution in [0.2, 0.25) is 0 Å². The summed E-state index contributed by atoms with van der Waals surface area (Å²) in [5.41, 5.74) is 6.81. The van der Waals surface area contributed by atoms with E-state index in [0.29, 0.717) is 16.8 Å². The molecular formula is C26H38N6O4S. The van der Waals surface area contributed by atoms with Crippen LogP contribution in [0, 0.1) is 6.92 Å². The Morgan fingerprint density at radius 1 is 1.00 bits per heavy atom. The standard InChI is InChI=1S/C14H11N5O2S.C5H11NO2.C5H10.C2H6/c1-10-2-4-11(5-3-10)22(20,21)19-7-6-12-14(19)15-8-13-17-16-9-18(12)13;1-5(2,3)8-4(6)7;1-2-4-5-3-1;1-2/h2-9H,1H3;1-3H3,(H2,6,7);1-5H2;1-2H3. The molecule has 11 heteroatoms. The lowest BCUT2D eigenvalue weighted by Crippen LogP contribution is -2.27. The lowest BCUT2D eigenvalue weighted by atomic mass is 10.2. The van der Waals surface area contributed by atoms with Crippen LogP contribution in [0.25, 0.3) is 16.8 Å². The van der Waals surface area contributed by atoms with Crippen molar-refractivity contribution in [3.63, 3.8) is 0 Å². The average Bonchev–Trinajstić information content (AvgIpc) is 3.61. The molecule has 0 radical (unpaired) electrons. The highest BCUT2D eigenvalue weighted by Crippen LogP contribution is 2.21. The number of hydrogen-bond donors (Lipinski definition) is 1. The van der Waals surface area contributed by atoms with Crippen molar-refractivity contribution in [1.82, 2.24) is 23.6 Å². The van der Waals surface area contributed by atoms with E-state index in [4.69, 9.17) is 5.73 Å².